The van der Waals surface area contributed by atoms with Gasteiger partial charge in [-0.25, -0.2) is 0 Å². The van der Waals surface area contributed by atoms with Gasteiger partial charge >= 0.3 is 0 Å². The lowest BCUT2D eigenvalue weighted by Gasteiger charge is -2.12. The van der Waals surface area contributed by atoms with Crippen molar-refractivity contribution < 1.29 is 4.74 Å². The van der Waals surface area contributed by atoms with Crippen LogP contribution >= 0.6 is 23.2 Å². The normalized spacial score (nSPS) is 10.5. The summed E-state index contributed by atoms with van der Waals surface area (Å²) in [5, 5.41) is 11.0. The van der Waals surface area contributed by atoms with Gasteiger partial charge in [0.25, 0.3) is 5.88 Å². The first-order chi connectivity index (χ1) is 8.49. The highest BCUT2D eigenvalue weighted by Crippen LogP contribution is 2.34. The van der Waals surface area contributed by atoms with E-state index < -0.39 is 0 Å². The molecule has 0 spiro atoms. The maximum absolute atomic E-state index is 5.96. The van der Waals surface area contributed by atoms with Gasteiger partial charge in [-0.1, -0.05) is 46.0 Å². The van der Waals surface area contributed by atoms with Crippen LogP contribution < -0.4 is 4.74 Å². The molecule has 2 aromatic rings. The average molecular weight is 284 g/mol. The Morgan fingerprint density at radius 2 is 1.61 bits per heavy atom. The van der Waals surface area contributed by atoms with Crippen LogP contribution in [0.3, 0.4) is 0 Å². The molecule has 94 valence electrons. The highest BCUT2D eigenvalue weighted by Gasteiger charge is 2.13. The molecule has 0 aliphatic heterocycles. The minimum absolute atomic E-state index is 0.0732. The van der Waals surface area contributed by atoms with Gasteiger partial charge in [-0.2, -0.15) is 0 Å². The highest BCUT2D eigenvalue weighted by atomic mass is 35.5. The minimum atomic E-state index is 0.0732. The number of hydrogen-bond acceptors (Lipinski definition) is 4. The van der Waals surface area contributed by atoms with Crippen LogP contribution in [0.2, 0.25) is 10.2 Å². The van der Waals surface area contributed by atoms with E-state index in [-0.39, 0.29) is 16.1 Å². The molecule has 0 aliphatic carbocycles. The molecule has 0 fully saturated rings. The number of aromatic nitrogens is 3. The van der Waals surface area contributed by atoms with Crippen LogP contribution in [-0.4, -0.2) is 15.4 Å². The molecule has 1 aromatic carbocycles. The second-order valence-corrected chi connectivity index (χ2v) is 4.77. The average Bonchev–Trinajstić information content (AvgIpc) is 2.28. The van der Waals surface area contributed by atoms with Crippen molar-refractivity contribution in [2.45, 2.75) is 20.8 Å². The summed E-state index contributed by atoms with van der Waals surface area (Å²) in [5.41, 5.74) is 3.17. The van der Waals surface area contributed by atoms with Crippen molar-refractivity contribution in [2.75, 3.05) is 0 Å². The standard InChI is InChI=1S/C12H11Cl2N3O/c1-6-4-7(2)10(8(3)5-6)18-12-9(13)11(14)15-17-16-12/h4-5H,1-3H3. The van der Waals surface area contributed by atoms with Crippen molar-refractivity contribution in [3.63, 3.8) is 0 Å². The molecule has 0 saturated heterocycles. The van der Waals surface area contributed by atoms with Gasteiger partial charge < -0.3 is 4.74 Å². The van der Waals surface area contributed by atoms with Crippen LogP contribution in [0.15, 0.2) is 12.1 Å². The number of benzene rings is 1. The van der Waals surface area contributed by atoms with Gasteiger partial charge in [0, 0.05) is 0 Å². The van der Waals surface area contributed by atoms with E-state index in [9.17, 15) is 0 Å². The molecule has 0 N–H and O–H groups in total. The third-order valence-electron chi connectivity index (χ3n) is 2.44. The summed E-state index contributed by atoms with van der Waals surface area (Å²) in [6, 6.07) is 4.04. The molecule has 0 aliphatic rings. The van der Waals surface area contributed by atoms with E-state index in [0.717, 1.165) is 11.1 Å². The van der Waals surface area contributed by atoms with Crippen molar-refractivity contribution in [3.8, 4) is 11.6 Å². The third kappa shape index (κ3) is 2.54. The number of rotatable bonds is 2. The van der Waals surface area contributed by atoms with Crippen molar-refractivity contribution in [1.82, 2.24) is 15.4 Å². The molecular formula is C12H11Cl2N3O. The fourth-order valence-electron chi connectivity index (χ4n) is 1.77. The van der Waals surface area contributed by atoms with E-state index in [1.807, 2.05) is 32.9 Å². The van der Waals surface area contributed by atoms with Crippen LogP contribution in [-0.2, 0) is 0 Å². The molecule has 0 atom stereocenters. The van der Waals surface area contributed by atoms with E-state index in [2.05, 4.69) is 15.4 Å². The number of ether oxygens (including phenoxy) is 1. The highest BCUT2D eigenvalue weighted by molar-refractivity contribution is 6.41. The largest absolute Gasteiger partial charge is 0.436 e. The summed E-state index contributed by atoms with van der Waals surface area (Å²) < 4.78 is 5.68. The smallest absolute Gasteiger partial charge is 0.262 e. The van der Waals surface area contributed by atoms with Crippen molar-refractivity contribution >= 4 is 23.2 Å². The number of hydrogen-bond donors (Lipinski definition) is 0. The molecule has 4 nitrogen and oxygen atoms in total. The minimum Gasteiger partial charge on any atom is -0.436 e. The SMILES string of the molecule is Cc1cc(C)c(Oc2nnnc(Cl)c2Cl)c(C)c1. The van der Waals surface area contributed by atoms with Gasteiger partial charge in [0.1, 0.15) is 10.8 Å². The fourth-order valence-corrected chi connectivity index (χ4v) is 2.00. The van der Waals surface area contributed by atoms with Crippen LogP contribution in [0.5, 0.6) is 11.6 Å². The molecule has 6 heteroatoms. The molecule has 2 rings (SSSR count). The Balaban J connectivity index is 2.43. The van der Waals surface area contributed by atoms with Gasteiger partial charge in [-0.05, 0) is 37.1 Å². The zero-order valence-electron chi connectivity index (χ0n) is 10.2. The van der Waals surface area contributed by atoms with Crippen LogP contribution in [0.4, 0.5) is 0 Å². The second kappa shape index (κ2) is 5.08. The number of nitrogens with zero attached hydrogens (tertiary/aromatic N) is 3. The Labute approximate surface area is 115 Å². The van der Waals surface area contributed by atoms with Gasteiger partial charge in [-0.15, -0.1) is 5.10 Å². The summed E-state index contributed by atoms with van der Waals surface area (Å²) in [4.78, 5) is 0. The Bertz CT molecular complexity index is 579. The summed E-state index contributed by atoms with van der Waals surface area (Å²) in [5.74, 6) is 0.866. The molecule has 18 heavy (non-hydrogen) atoms. The van der Waals surface area contributed by atoms with Crippen LogP contribution in [0, 0.1) is 20.8 Å². The van der Waals surface area contributed by atoms with E-state index >= 15 is 0 Å². The third-order valence-corrected chi connectivity index (χ3v) is 3.14. The molecule has 0 radical (unpaired) electrons. The predicted octanol–water partition coefficient (Wildman–Crippen LogP) is 3.90. The van der Waals surface area contributed by atoms with Crippen molar-refractivity contribution in [1.29, 1.82) is 0 Å². The quantitative estimate of drug-likeness (QED) is 0.839. The summed E-state index contributed by atoms with van der Waals surface area (Å²) >= 11 is 11.7. The first-order valence-corrected chi connectivity index (χ1v) is 6.04. The Morgan fingerprint density at radius 1 is 1.00 bits per heavy atom. The summed E-state index contributed by atoms with van der Waals surface area (Å²) in [7, 11) is 0. The predicted molar refractivity (Wildman–Crippen MR) is 70.6 cm³/mol. The monoisotopic (exact) mass is 283 g/mol. The summed E-state index contributed by atoms with van der Waals surface area (Å²) in [6.45, 7) is 5.94. The zero-order chi connectivity index (χ0) is 13.3. The Kier molecular flexibility index (Phi) is 3.68. The van der Waals surface area contributed by atoms with Crippen molar-refractivity contribution in [2.24, 2.45) is 0 Å². The van der Waals surface area contributed by atoms with Crippen LogP contribution in [0.1, 0.15) is 16.7 Å². The second-order valence-electron chi connectivity index (χ2n) is 4.03. The van der Waals surface area contributed by atoms with E-state index in [0.29, 0.717) is 5.75 Å². The van der Waals surface area contributed by atoms with Gasteiger partial charge in [0.05, 0.1) is 0 Å². The molecule has 0 bridgehead atoms. The Morgan fingerprint density at radius 3 is 2.22 bits per heavy atom. The maximum Gasteiger partial charge on any atom is 0.262 e. The number of halogens is 2. The van der Waals surface area contributed by atoms with Crippen molar-refractivity contribution in [3.05, 3.63) is 39.0 Å². The first kappa shape index (κ1) is 13.1. The van der Waals surface area contributed by atoms with Crippen LogP contribution in [0.25, 0.3) is 0 Å². The molecule has 0 saturated carbocycles. The lowest BCUT2D eigenvalue weighted by molar-refractivity contribution is 0.444. The molecule has 1 heterocycles. The molecular weight excluding hydrogens is 273 g/mol. The Hall–Kier alpha value is -1.39. The topological polar surface area (TPSA) is 47.9 Å². The first-order valence-electron chi connectivity index (χ1n) is 5.29. The van der Waals surface area contributed by atoms with Gasteiger partial charge in [-0.3, -0.25) is 0 Å². The van der Waals surface area contributed by atoms with Gasteiger partial charge in [0.15, 0.2) is 5.15 Å². The number of aryl methyl sites for hydroxylation is 3. The van der Waals surface area contributed by atoms with E-state index in [4.69, 9.17) is 27.9 Å². The van der Waals surface area contributed by atoms with E-state index in [1.54, 1.807) is 0 Å². The molecule has 0 unspecified atom stereocenters. The zero-order valence-corrected chi connectivity index (χ0v) is 11.7. The maximum atomic E-state index is 5.96. The lowest BCUT2D eigenvalue weighted by atomic mass is 10.1. The lowest BCUT2D eigenvalue weighted by Crippen LogP contribution is -1.98. The fraction of sp³-hybridized carbons (Fsp3) is 0.250. The summed E-state index contributed by atoms with van der Waals surface area (Å²) in [6.07, 6.45) is 0. The van der Waals surface area contributed by atoms with Gasteiger partial charge in [0.2, 0.25) is 0 Å². The molecule has 1 aromatic heterocycles. The molecule has 0 amide bonds. The van der Waals surface area contributed by atoms with E-state index in [1.165, 1.54) is 5.56 Å².